The zero-order chi connectivity index (χ0) is 14.6. The number of hydrogen-bond acceptors (Lipinski definition) is 5. The second kappa shape index (κ2) is 5.66. The molecular weight excluding hydrogens is 250 g/mol. The van der Waals surface area contributed by atoms with Crippen molar-refractivity contribution in [3.05, 3.63) is 34.4 Å². The summed E-state index contributed by atoms with van der Waals surface area (Å²) in [5.74, 6) is 0.0104. The number of carbonyl (C=O) groups is 1. The Kier molecular flexibility index (Phi) is 4.44. The van der Waals surface area contributed by atoms with Gasteiger partial charge in [-0.15, -0.1) is 0 Å². The topological polar surface area (TPSA) is 107 Å². The van der Waals surface area contributed by atoms with Gasteiger partial charge in [0.15, 0.2) is 5.60 Å². The Balaban J connectivity index is 2.77. The molecule has 3 N–H and O–H groups in total. The zero-order valence-electron chi connectivity index (χ0n) is 11.0. The van der Waals surface area contributed by atoms with E-state index in [9.17, 15) is 14.9 Å². The molecule has 19 heavy (non-hydrogen) atoms. The van der Waals surface area contributed by atoms with Crippen molar-refractivity contribution < 1.29 is 14.5 Å². The Labute approximate surface area is 110 Å². The van der Waals surface area contributed by atoms with Crippen molar-refractivity contribution in [1.82, 2.24) is 5.32 Å². The first kappa shape index (κ1) is 14.9. The number of nitrogens with zero attached hydrogens (tertiary/aromatic N) is 1. The van der Waals surface area contributed by atoms with Crippen LogP contribution in [-0.2, 0) is 4.79 Å². The summed E-state index contributed by atoms with van der Waals surface area (Å²) in [6.07, 6.45) is -0.479. The van der Waals surface area contributed by atoms with Crippen LogP contribution in [0.2, 0.25) is 0 Å². The van der Waals surface area contributed by atoms with E-state index in [0.29, 0.717) is 5.75 Å². The van der Waals surface area contributed by atoms with Gasteiger partial charge < -0.3 is 15.8 Å². The molecule has 0 aromatic heterocycles. The van der Waals surface area contributed by atoms with Gasteiger partial charge in [0.25, 0.3) is 11.6 Å². The molecule has 104 valence electrons. The maximum atomic E-state index is 11.8. The summed E-state index contributed by atoms with van der Waals surface area (Å²) >= 11 is 0. The standard InChI is InChI=1S/C12H17N3O4/c1-8(13)14-11(16)12(2,3)19-10-6-4-9(5-7-10)15(17)18/h4-8H,13H2,1-3H3,(H,14,16). The molecule has 1 rings (SSSR count). The third-order valence-electron chi connectivity index (χ3n) is 2.33. The number of nitro groups is 1. The highest BCUT2D eigenvalue weighted by molar-refractivity contribution is 5.84. The molecule has 7 nitrogen and oxygen atoms in total. The summed E-state index contributed by atoms with van der Waals surface area (Å²) in [6.45, 7) is 4.82. The quantitative estimate of drug-likeness (QED) is 0.473. The predicted molar refractivity (Wildman–Crippen MR) is 69.6 cm³/mol. The van der Waals surface area contributed by atoms with Crippen molar-refractivity contribution in [3.63, 3.8) is 0 Å². The molecule has 1 unspecified atom stereocenters. The monoisotopic (exact) mass is 267 g/mol. The molecule has 7 heteroatoms. The van der Waals surface area contributed by atoms with Crippen LogP contribution in [0.5, 0.6) is 5.75 Å². The van der Waals surface area contributed by atoms with Crippen LogP contribution >= 0.6 is 0 Å². The van der Waals surface area contributed by atoms with E-state index in [1.54, 1.807) is 20.8 Å². The van der Waals surface area contributed by atoms with Crippen molar-refractivity contribution in [2.24, 2.45) is 5.73 Å². The Morgan fingerprint density at radius 2 is 1.95 bits per heavy atom. The molecule has 0 saturated heterocycles. The smallest absolute Gasteiger partial charge is 0.269 e. The Morgan fingerprint density at radius 1 is 1.42 bits per heavy atom. The van der Waals surface area contributed by atoms with Gasteiger partial charge in [0.1, 0.15) is 5.75 Å². The minimum atomic E-state index is -1.12. The highest BCUT2D eigenvalue weighted by Crippen LogP contribution is 2.21. The van der Waals surface area contributed by atoms with Crippen molar-refractivity contribution in [1.29, 1.82) is 0 Å². The lowest BCUT2D eigenvalue weighted by Crippen LogP contribution is -2.51. The number of non-ortho nitro benzene ring substituents is 1. The van der Waals surface area contributed by atoms with Gasteiger partial charge in [-0.1, -0.05) is 0 Å². The number of amides is 1. The van der Waals surface area contributed by atoms with E-state index in [4.69, 9.17) is 10.5 Å². The molecule has 1 atom stereocenters. The molecule has 0 fully saturated rings. The van der Waals surface area contributed by atoms with Crippen LogP contribution in [0.15, 0.2) is 24.3 Å². The molecular formula is C12H17N3O4. The number of ether oxygens (including phenoxy) is 1. The van der Waals surface area contributed by atoms with Gasteiger partial charge >= 0.3 is 0 Å². The van der Waals surface area contributed by atoms with Crippen molar-refractivity contribution in [2.45, 2.75) is 32.5 Å². The molecule has 0 spiro atoms. The highest BCUT2D eigenvalue weighted by atomic mass is 16.6. The van der Waals surface area contributed by atoms with Crippen molar-refractivity contribution in [2.75, 3.05) is 0 Å². The molecule has 1 aromatic carbocycles. The number of rotatable bonds is 5. The van der Waals surface area contributed by atoms with Gasteiger partial charge in [0.2, 0.25) is 0 Å². The number of nitro benzene ring substituents is 1. The molecule has 1 amide bonds. The van der Waals surface area contributed by atoms with Crippen LogP contribution in [0.25, 0.3) is 0 Å². The van der Waals surface area contributed by atoms with Crippen LogP contribution in [0.4, 0.5) is 5.69 Å². The third-order valence-corrected chi connectivity index (χ3v) is 2.33. The van der Waals surface area contributed by atoms with Crippen LogP contribution in [0.3, 0.4) is 0 Å². The summed E-state index contributed by atoms with van der Waals surface area (Å²) in [5.41, 5.74) is 4.32. The van der Waals surface area contributed by atoms with Gasteiger partial charge in [-0.25, -0.2) is 0 Å². The van der Waals surface area contributed by atoms with E-state index < -0.39 is 16.7 Å². The van der Waals surface area contributed by atoms with Crippen LogP contribution in [0, 0.1) is 10.1 Å². The first-order valence-corrected chi connectivity index (χ1v) is 5.72. The number of nitrogens with one attached hydrogen (secondary N) is 1. The first-order chi connectivity index (χ1) is 8.72. The van der Waals surface area contributed by atoms with E-state index >= 15 is 0 Å². The van der Waals surface area contributed by atoms with Crippen molar-refractivity contribution >= 4 is 11.6 Å². The minimum absolute atomic E-state index is 0.0369. The van der Waals surface area contributed by atoms with Crippen LogP contribution in [-0.4, -0.2) is 22.6 Å². The Hall–Kier alpha value is -2.15. The molecule has 0 saturated carbocycles. The molecule has 0 radical (unpaired) electrons. The number of carbonyl (C=O) groups excluding carboxylic acids is 1. The maximum absolute atomic E-state index is 11.8. The fourth-order valence-corrected chi connectivity index (χ4v) is 1.36. The van der Waals surface area contributed by atoms with E-state index in [-0.39, 0.29) is 11.6 Å². The molecule has 0 heterocycles. The summed E-state index contributed by atoms with van der Waals surface area (Å²) in [7, 11) is 0. The SMILES string of the molecule is CC(N)NC(=O)C(C)(C)Oc1ccc([N+](=O)[O-])cc1. The minimum Gasteiger partial charge on any atom is -0.478 e. The van der Waals surface area contributed by atoms with E-state index in [0.717, 1.165) is 0 Å². The molecule has 0 aliphatic carbocycles. The average molecular weight is 267 g/mol. The van der Waals surface area contributed by atoms with Gasteiger partial charge in [0, 0.05) is 12.1 Å². The summed E-state index contributed by atoms with van der Waals surface area (Å²) in [6, 6.07) is 5.52. The molecule has 0 aliphatic heterocycles. The Morgan fingerprint density at radius 3 is 2.37 bits per heavy atom. The lowest BCUT2D eigenvalue weighted by Gasteiger charge is -2.26. The van der Waals surface area contributed by atoms with Crippen LogP contribution in [0.1, 0.15) is 20.8 Å². The second-order valence-corrected chi connectivity index (χ2v) is 4.63. The van der Waals surface area contributed by atoms with E-state index in [1.165, 1.54) is 24.3 Å². The normalized spacial score (nSPS) is 12.6. The second-order valence-electron chi connectivity index (χ2n) is 4.63. The average Bonchev–Trinajstić information content (AvgIpc) is 2.28. The molecule has 1 aromatic rings. The molecule has 0 aliphatic rings. The fraction of sp³-hybridized carbons (Fsp3) is 0.417. The van der Waals surface area contributed by atoms with Crippen molar-refractivity contribution in [3.8, 4) is 5.75 Å². The number of benzene rings is 1. The number of hydrogen-bond donors (Lipinski definition) is 2. The Bertz CT molecular complexity index is 468. The third kappa shape index (κ3) is 4.22. The van der Waals surface area contributed by atoms with Crippen LogP contribution < -0.4 is 15.8 Å². The lowest BCUT2D eigenvalue weighted by atomic mass is 10.1. The largest absolute Gasteiger partial charge is 0.478 e. The molecule has 0 bridgehead atoms. The number of nitrogens with two attached hydrogens (primary N) is 1. The summed E-state index contributed by atoms with van der Waals surface area (Å²) < 4.78 is 5.51. The summed E-state index contributed by atoms with van der Waals surface area (Å²) in [4.78, 5) is 21.8. The van der Waals surface area contributed by atoms with Gasteiger partial charge in [-0.05, 0) is 32.9 Å². The van der Waals surface area contributed by atoms with Gasteiger partial charge in [0.05, 0.1) is 11.1 Å². The lowest BCUT2D eigenvalue weighted by molar-refractivity contribution is -0.384. The van der Waals surface area contributed by atoms with E-state index in [2.05, 4.69) is 5.32 Å². The first-order valence-electron chi connectivity index (χ1n) is 5.72. The van der Waals surface area contributed by atoms with Gasteiger partial charge in [-0.3, -0.25) is 14.9 Å². The highest BCUT2D eigenvalue weighted by Gasteiger charge is 2.30. The maximum Gasteiger partial charge on any atom is 0.269 e. The fourth-order valence-electron chi connectivity index (χ4n) is 1.36. The van der Waals surface area contributed by atoms with E-state index in [1.807, 2.05) is 0 Å². The predicted octanol–water partition coefficient (Wildman–Crippen LogP) is 1.17. The van der Waals surface area contributed by atoms with Gasteiger partial charge in [-0.2, -0.15) is 0 Å². The summed E-state index contributed by atoms with van der Waals surface area (Å²) in [5, 5.41) is 13.1. The zero-order valence-corrected chi connectivity index (χ0v) is 11.0.